The zero-order valence-corrected chi connectivity index (χ0v) is 12.5. The molecular weight excluding hydrogens is 318 g/mol. The minimum Gasteiger partial charge on any atom is -0.460 e. The number of allylic oxidation sites excluding steroid dienone is 2. The second-order valence-corrected chi connectivity index (χ2v) is 8.74. The molecule has 0 aliphatic heterocycles. The summed E-state index contributed by atoms with van der Waals surface area (Å²) in [6, 6.07) is 0. The summed E-state index contributed by atoms with van der Waals surface area (Å²) in [7, 11) is -5.81. The van der Waals surface area contributed by atoms with Crippen molar-refractivity contribution in [2.24, 2.45) is 22.7 Å². The summed E-state index contributed by atoms with van der Waals surface area (Å²) < 4.78 is 60.8. The highest BCUT2D eigenvalue weighted by molar-refractivity contribution is 7.87. The summed E-state index contributed by atoms with van der Waals surface area (Å²) in [6.45, 7) is -0.208. The molecule has 122 valence electrons. The molecule has 2 saturated carbocycles. The highest BCUT2D eigenvalue weighted by Crippen LogP contribution is 2.78. The summed E-state index contributed by atoms with van der Waals surface area (Å²) in [6.07, 6.45) is 7.00. The van der Waals surface area contributed by atoms with Crippen LogP contribution in [0, 0.1) is 22.7 Å². The molecule has 0 aromatic rings. The smallest absolute Gasteiger partial charge is 0.460 e. The number of carbonyl (C=O) groups is 1. The van der Waals surface area contributed by atoms with Gasteiger partial charge in [-0.05, 0) is 43.9 Å². The van der Waals surface area contributed by atoms with E-state index in [0.717, 1.165) is 32.1 Å². The number of ether oxygens (including phenoxy) is 1. The molecule has 0 aromatic heterocycles. The quantitative estimate of drug-likeness (QED) is 0.484. The predicted molar refractivity (Wildman–Crippen MR) is 70.5 cm³/mol. The molecule has 5 nitrogen and oxygen atoms in total. The van der Waals surface area contributed by atoms with Crippen LogP contribution < -0.4 is 0 Å². The Morgan fingerprint density at radius 3 is 2.86 bits per heavy atom. The number of alkyl halides is 2. The van der Waals surface area contributed by atoms with Gasteiger partial charge in [0, 0.05) is 10.8 Å². The molecule has 3 bridgehead atoms. The summed E-state index contributed by atoms with van der Waals surface area (Å²) in [5.41, 5.74) is 0.927. The van der Waals surface area contributed by atoms with Crippen molar-refractivity contribution >= 4 is 16.1 Å². The van der Waals surface area contributed by atoms with Crippen molar-refractivity contribution in [1.82, 2.24) is 0 Å². The number of hydrogen-bond donors (Lipinski definition) is 1. The van der Waals surface area contributed by atoms with Crippen LogP contribution in [0.5, 0.6) is 0 Å². The van der Waals surface area contributed by atoms with Crippen molar-refractivity contribution in [1.29, 1.82) is 0 Å². The van der Waals surface area contributed by atoms with Crippen LogP contribution in [0.15, 0.2) is 11.6 Å². The standard InChI is InChI=1S/C14H16F2O5S/c15-14(16,22(18,19)20)11(17)21-7-12-3-9-1-8-2-10(6-12)13(12,4-8)5-9/h5,8,10H,1-4,6-7H2,(H,18,19,20). The molecule has 4 unspecified atom stereocenters. The Balaban J connectivity index is 1.51. The lowest BCUT2D eigenvalue weighted by atomic mass is 9.46. The Bertz CT molecular complexity index is 700. The van der Waals surface area contributed by atoms with Crippen LogP contribution in [0.25, 0.3) is 0 Å². The van der Waals surface area contributed by atoms with E-state index in [1.165, 1.54) is 5.57 Å². The van der Waals surface area contributed by atoms with Gasteiger partial charge in [0.05, 0.1) is 6.61 Å². The SMILES string of the molecule is O=C(OCC12CC3=CC14CC(C3)CC4C2)C(F)(F)S(=O)(=O)O. The average Bonchev–Trinajstić information content (AvgIpc) is 2.71. The molecule has 0 amide bonds. The van der Waals surface area contributed by atoms with Gasteiger partial charge in [-0.15, -0.1) is 0 Å². The van der Waals surface area contributed by atoms with Gasteiger partial charge in [-0.2, -0.15) is 17.2 Å². The average molecular weight is 334 g/mol. The third-order valence-corrected chi connectivity index (χ3v) is 7.03. The molecule has 1 N–H and O–H groups in total. The van der Waals surface area contributed by atoms with Crippen molar-refractivity contribution in [3.05, 3.63) is 11.6 Å². The minimum atomic E-state index is -5.81. The molecule has 4 rings (SSSR count). The molecule has 4 atom stereocenters. The third kappa shape index (κ3) is 1.55. The largest absolute Gasteiger partial charge is 0.465 e. The highest BCUT2D eigenvalue weighted by atomic mass is 32.2. The predicted octanol–water partition coefficient (Wildman–Crippen LogP) is 2.15. The molecule has 0 radical (unpaired) electrons. The second kappa shape index (κ2) is 3.90. The van der Waals surface area contributed by atoms with Gasteiger partial charge in [-0.25, -0.2) is 4.79 Å². The van der Waals surface area contributed by atoms with Crippen LogP contribution in [-0.2, 0) is 19.6 Å². The lowest BCUT2D eigenvalue weighted by Crippen LogP contribution is -2.55. The van der Waals surface area contributed by atoms with Crippen LogP contribution in [0.1, 0.15) is 32.1 Å². The van der Waals surface area contributed by atoms with Gasteiger partial charge in [-0.3, -0.25) is 4.55 Å². The zero-order valence-electron chi connectivity index (χ0n) is 11.7. The highest BCUT2D eigenvalue weighted by Gasteiger charge is 2.72. The van der Waals surface area contributed by atoms with Crippen molar-refractivity contribution in [2.45, 2.75) is 37.4 Å². The lowest BCUT2D eigenvalue weighted by Gasteiger charge is -2.58. The fourth-order valence-electron chi connectivity index (χ4n) is 5.50. The van der Waals surface area contributed by atoms with E-state index in [-0.39, 0.29) is 17.4 Å². The fourth-order valence-corrected chi connectivity index (χ4v) is 5.77. The molecular formula is C14H16F2O5S. The van der Waals surface area contributed by atoms with Gasteiger partial charge in [0.25, 0.3) is 0 Å². The topological polar surface area (TPSA) is 80.7 Å². The Morgan fingerprint density at radius 2 is 2.18 bits per heavy atom. The second-order valence-electron chi connectivity index (χ2n) is 7.28. The number of hydrogen-bond acceptors (Lipinski definition) is 4. The first-order valence-electron chi connectivity index (χ1n) is 7.32. The first-order chi connectivity index (χ1) is 10.1. The monoisotopic (exact) mass is 334 g/mol. The maximum atomic E-state index is 13.3. The maximum Gasteiger partial charge on any atom is 0.465 e. The minimum absolute atomic E-state index is 0.0428. The zero-order chi connectivity index (χ0) is 16.0. The number of rotatable bonds is 4. The van der Waals surface area contributed by atoms with Gasteiger partial charge in [0.2, 0.25) is 0 Å². The normalized spacial score (nSPS) is 41.9. The first kappa shape index (κ1) is 14.6. The van der Waals surface area contributed by atoms with Crippen LogP contribution in [0.4, 0.5) is 8.78 Å². The first-order valence-corrected chi connectivity index (χ1v) is 8.76. The van der Waals surface area contributed by atoms with E-state index in [1.807, 2.05) is 0 Å². The Labute approximate surface area is 126 Å². The van der Waals surface area contributed by atoms with Gasteiger partial charge in [-0.1, -0.05) is 11.6 Å². The fraction of sp³-hybridized carbons (Fsp3) is 0.786. The molecule has 8 heteroatoms. The Hall–Kier alpha value is -1.02. The van der Waals surface area contributed by atoms with Crippen LogP contribution in [0.2, 0.25) is 0 Å². The van der Waals surface area contributed by atoms with E-state index in [2.05, 4.69) is 10.8 Å². The Kier molecular flexibility index (Phi) is 2.58. The summed E-state index contributed by atoms with van der Waals surface area (Å²) in [4.78, 5) is 11.4. The summed E-state index contributed by atoms with van der Waals surface area (Å²) in [5.74, 6) is -1.02. The number of carbonyl (C=O) groups excluding carboxylic acids is 1. The molecule has 0 saturated heterocycles. The van der Waals surface area contributed by atoms with E-state index >= 15 is 0 Å². The molecule has 2 fully saturated rings. The van der Waals surface area contributed by atoms with Gasteiger partial charge < -0.3 is 4.74 Å². The number of esters is 1. The molecule has 0 heterocycles. The lowest BCUT2D eigenvalue weighted by molar-refractivity contribution is -0.178. The van der Waals surface area contributed by atoms with E-state index in [4.69, 9.17) is 4.55 Å². The summed E-state index contributed by atoms with van der Waals surface area (Å²) >= 11 is 0. The van der Waals surface area contributed by atoms with Crippen molar-refractivity contribution in [3.63, 3.8) is 0 Å². The summed E-state index contributed by atoms with van der Waals surface area (Å²) in [5, 5.41) is -4.91. The van der Waals surface area contributed by atoms with Crippen molar-refractivity contribution in [2.75, 3.05) is 6.61 Å². The van der Waals surface area contributed by atoms with Crippen LogP contribution >= 0.6 is 0 Å². The van der Waals surface area contributed by atoms with Gasteiger partial charge >= 0.3 is 21.3 Å². The molecule has 4 aliphatic rings. The molecule has 22 heavy (non-hydrogen) atoms. The van der Waals surface area contributed by atoms with E-state index < -0.39 is 21.3 Å². The van der Waals surface area contributed by atoms with E-state index in [9.17, 15) is 22.0 Å². The van der Waals surface area contributed by atoms with E-state index in [1.54, 1.807) is 0 Å². The number of halogens is 2. The molecule has 0 aromatic carbocycles. The van der Waals surface area contributed by atoms with Gasteiger partial charge in [0.1, 0.15) is 0 Å². The molecule has 1 spiro atoms. The van der Waals surface area contributed by atoms with Crippen LogP contribution in [-0.4, -0.2) is 30.8 Å². The Morgan fingerprint density at radius 1 is 1.45 bits per heavy atom. The van der Waals surface area contributed by atoms with Crippen molar-refractivity contribution < 1.29 is 31.3 Å². The number of fused-ring (bicyclic) bond motifs is 1. The van der Waals surface area contributed by atoms with E-state index in [0.29, 0.717) is 11.8 Å². The van der Waals surface area contributed by atoms with Crippen molar-refractivity contribution in [3.8, 4) is 0 Å². The van der Waals surface area contributed by atoms with Crippen LogP contribution in [0.3, 0.4) is 0 Å². The van der Waals surface area contributed by atoms with Gasteiger partial charge in [0.15, 0.2) is 0 Å². The maximum absolute atomic E-state index is 13.3. The third-order valence-electron chi connectivity index (χ3n) is 6.22. The molecule has 4 aliphatic carbocycles.